The van der Waals surface area contributed by atoms with E-state index in [2.05, 4.69) is 5.32 Å². The Labute approximate surface area is 176 Å². The molecule has 0 heterocycles. The van der Waals surface area contributed by atoms with E-state index in [4.69, 9.17) is 37.0 Å². The van der Waals surface area contributed by atoms with E-state index in [-0.39, 0.29) is 30.2 Å². The Kier molecular flexibility index (Phi) is 8.08. The average Bonchev–Trinajstić information content (AvgIpc) is 2.61. The molecule has 0 aliphatic heterocycles. The van der Waals surface area contributed by atoms with Gasteiger partial charge in [-0.2, -0.15) is 13.2 Å². The maximum absolute atomic E-state index is 12.7. The lowest BCUT2D eigenvalue weighted by Crippen LogP contribution is -2.14. The number of carbonyl (C=O) groups is 1. The molecule has 0 aliphatic rings. The van der Waals surface area contributed by atoms with Gasteiger partial charge in [0.25, 0.3) is 5.91 Å². The van der Waals surface area contributed by atoms with Gasteiger partial charge in [-0.1, -0.05) is 11.6 Å². The second-order valence-electron chi connectivity index (χ2n) is 5.54. The van der Waals surface area contributed by atoms with Crippen LogP contribution in [0.1, 0.15) is 29.8 Å². The third-order valence-corrected chi connectivity index (χ3v) is 6.10. The van der Waals surface area contributed by atoms with Crippen molar-refractivity contribution >= 4 is 41.7 Å². The Morgan fingerprint density at radius 3 is 2.21 bits per heavy atom. The molecule has 2 aromatic rings. The number of nitrogens with one attached hydrogen (secondary N) is 1. The topological polar surface area (TPSA) is 56.8 Å². The van der Waals surface area contributed by atoms with E-state index < -0.39 is 24.4 Å². The monoisotopic (exact) mass is 467 g/mol. The molecule has 0 saturated carbocycles. The first-order valence-corrected chi connectivity index (χ1v) is 11.4. The van der Waals surface area contributed by atoms with Crippen LogP contribution in [0.2, 0.25) is 5.02 Å². The highest BCUT2D eigenvalue weighted by molar-refractivity contribution is 8.07. The fourth-order valence-electron chi connectivity index (χ4n) is 2.23. The summed E-state index contributed by atoms with van der Waals surface area (Å²) >= 11 is 11.3. The van der Waals surface area contributed by atoms with Crippen LogP contribution in [0.15, 0.2) is 42.5 Å². The molecule has 0 aliphatic carbocycles. The van der Waals surface area contributed by atoms with Crippen LogP contribution < -0.4 is 9.84 Å². The Bertz CT molecular complexity index is 899. The summed E-state index contributed by atoms with van der Waals surface area (Å²) in [6, 6.07) is 8.33. The fraction of sp³-hybridized carbons (Fsp3) is 0.278. The van der Waals surface area contributed by atoms with Crippen molar-refractivity contribution in [2.75, 3.05) is 18.5 Å². The van der Waals surface area contributed by atoms with Gasteiger partial charge in [-0.05, 0) is 50.2 Å². The number of alkyl halides is 3. The predicted octanol–water partition coefficient (Wildman–Crippen LogP) is 6.29. The lowest BCUT2D eigenvalue weighted by molar-refractivity contribution is -0.137. The smallest absolute Gasteiger partial charge is 0.416 e. The molecule has 0 saturated heterocycles. The van der Waals surface area contributed by atoms with Crippen LogP contribution >= 0.6 is 18.3 Å². The van der Waals surface area contributed by atoms with Crippen molar-refractivity contribution in [1.82, 2.24) is 0 Å². The molecule has 158 valence electrons. The van der Waals surface area contributed by atoms with Gasteiger partial charge in [0.1, 0.15) is 5.75 Å². The van der Waals surface area contributed by atoms with Crippen molar-refractivity contribution in [3.8, 4) is 5.75 Å². The van der Waals surface area contributed by atoms with Gasteiger partial charge >= 0.3 is 12.9 Å². The molecule has 11 heteroatoms. The normalized spacial score (nSPS) is 11.9. The Balaban J connectivity index is 2.27. The number of hydrogen-bond donors (Lipinski definition) is 1. The van der Waals surface area contributed by atoms with Gasteiger partial charge in [-0.25, -0.2) is 0 Å². The molecule has 1 N–H and O–H groups in total. The van der Waals surface area contributed by atoms with Crippen molar-refractivity contribution in [3.63, 3.8) is 0 Å². The molecule has 0 aromatic heterocycles. The summed E-state index contributed by atoms with van der Waals surface area (Å²) in [7, 11) is 0. The molecule has 29 heavy (non-hydrogen) atoms. The van der Waals surface area contributed by atoms with E-state index >= 15 is 0 Å². The minimum Gasteiger partial charge on any atom is -0.423 e. The first-order valence-electron chi connectivity index (χ1n) is 8.45. The van der Waals surface area contributed by atoms with E-state index in [1.165, 1.54) is 18.2 Å². The molecule has 0 fully saturated rings. The first-order chi connectivity index (χ1) is 13.6. The Hall–Kier alpha value is -1.64. The van der Waals surface area contributed by atoms with Crippen LogP contribution in [0.4, 0.5) is 18.9 Å². The molecule has 2 aromatic carbocycles. The number of benzene rings is 2. The fourth-order valence-corrected chi connectivity index (χ4v) is 4.47. The Morgan fingerprint density at radius 1 is 1.10 bits per heavy atom. The van der Waals surface area contributed by atoms with E-state index in [9.17, 15) is 18.0 Å². The molecule has 0 unspecified atom stereocenters. The standard InChI is InChI=1S/C18H18ClF3NO4PS/c1-3-25-28(29,26-4-2)27-16-11-13(19)7-10-15(16)17(24)23-14-8-5-12(6-9-14)18(20,21)22/h5-11H,3-4H2,1-2H3,(H,23,24). The van der Waals surface area contributed by atoms with Crippen LogP contribution in [0.25, 0.3) is 0 Å². The number of hydrogen-bond acceptors (Lipinski definition) is 5. The minimum atomic E-state index is -4.46. The van der Waals surface area contributed by atoms with Gasteiger partial charge in [0, 0.05) is 28.6 Å². The zero-order valence-corrected chi connectivity index (χ0v) is 17.9. The maximum atomic E-state index is 12.7. The minimum absolute atomic E-state index is 0.0483. The third-order valence-electron chi connectivity index (χ3n) is 3.44. The van der Waals surface area contributed by atoms with Crippen molar-refractivity contribution in [3.05, 3.63) is 58.6 Å². The molecular weight excluding hydrogens is 450 g/mol. The highest BCUT2D eigenvalue weighted by Crippen LogP contribution is 2.50. The summed E-state index contributed by atoms with van der Waals surface area (Å²) < 4.78 is 54.6. The summed E-state index contributed by atoms with van der Waals surface area (Å²) in [5, 5.41) is 2.81. The number of carbonyl (C=O) groups excluding carboxylic acids is 1. The van der Waals surface area contributed by atoms with E-state index in [1.807, 2.05) is 0 Å². The number of halogens is 4. The third kappa shape index (κ3) is 6.69. The quantitative estimate of drug-likeness (QED) is 0.462. The van der Waals surface area contributed by atoms with Crippen LogP contribution in [-0.4, -0.2) is 19.1 Å². The predicted molar refractivity (Wildman–Crippen MR) is 109 cm³/mol. The summed E-state index contributed by atoms with van der Waals surface area (Å²) in [6.07, 6.45) is -4.46. The largest absolute Gasteiger partial charge is 0.423 e. The molecule has 0 radical (unpaired) electrons. The van der Waals surface area contributed by atoms with Gasteiger partial charge in [0.2, 0.25) is 0 Å². The van der Waals surface area contributed by atoms with Crippen molar-refractivity contribution in [2.24, 2.45) is 0 Å². The lowest BCUT2D eigenvalue weighted by Gasteiger charge is -2.22. The molecule has 0 bridgehead atoms. The van der Waals surface area contributed by atoms with E-state index in [1.54, 1.807) is 13.8 Å². The van der Waals surface area contributed by atoms with Crippen molar-refractivity contribution in [2.45, 2.75) is 20.0 Å². The number of rotatable bonds is 8. The highest BCUT2D eigenvalue weighted by atomic mass is 35.5. The molecule has 1 amide bonds. The Morgan fingerprint density at radius 2 is 1.69 bits per heavy atom. The number of amides is 1. The molecule has 0 atom stereocenters. The van der Waals surface area contributed by atoms with Gasteiger partial charge in [-0.3, -0.25) is 13.8 Å². The summed E-state index contributed by atoms with van der Waals surface area (Å²) in [5.74, 6) is -0.571. The zero-order valence-electron chi connectivity index (χ0n) is 15.5. The molecule has 0 spiro atoms. The highest BCUT2D eigenvalue weighted by Gasteiger charge is 2.30. The van der Waals surface area contributed by atoms with Crippen LogP contribution in [0.3, 0.4) is 0 Å². The number of anilines is 1. The molecule has 2 rings (SSSR count). The maximum Gasteiger partial charge on any atom is 0.416 e. The van der Waals surface area contributed by atoms with E-state index in [0.29, 0.717) is 5.02 Å². The zero-order chi connectivity index (χ0) is 21.7. The summed E-state index contributed by atoms with van der Waals surface area (Å²) in [6.45, 7) is 0.760. The van der Waals surface area contributed by atoms with Crippen molar-refractivity contribution < 1.29 is 31.5 Å². The van der Waals surface area contributed by atoms with Crippen molar-refractivity contribution in [1.29, 1.82) is 0 Å². The van der Waals surface area contributed by atoms with E-state index in [0.717, 1.165) is 24.3 Å². The lowest BCUT2D eigenvalue weighted by atomic mass is 10.1. The summed E-state index contributed by atoms with van der Waals surface area (Å²) in [5.41, 5.74) is -0.569. The van der Waals surface area contributed by atoms with Gasteiger partial charge < -0.3 is 9.84 Å². The summed E-state index contributed by atoms with van der Waals surface area (Å²) in [4.78, 5) is 12.7. The average molecular weight is 468 g/mol. The molecular formula is C18H18ClF3NO4PS. The first kappa shape index (κ1) is 23.6. The second-order valence-corrected chi connectivity index (χ2v) is 8.92. The second kappa shape index (κ2) is 9.91. The SMILES string of the molecule is CCOP(=S)(OCC)Oc1cc(Cl)ccc1C(=O)Nc1ccc(C(F)(F)F)cc1. The van der Waals surface area contributed by atoms with Gasteiger partial charge in [0.05, 0.1) is 24.3 Å². The van der Waals surface area contributed by atoms with Gasteiger partial charge in [0.15, 0.2) is 0 Å². The van der Waals surface area contributed by atoms with Crippen LogP contribution in [0, 0.1) is 0 Å². The molecule has 5 nitrogen and oxygen atoms in total. The van der Waals surface area contributed by atoms with Crippen LogP contribution in [-0.2, 0) is 27.0 Å². The van der Waals surface area contributed by atoms with Gasteiger partial charge in [-0.15, -0.1) is 0 Å². The van der Waals surface area contributed by atoms with Crippen LogP contribution in [0.5, 0.6) is 5.75 Å².